The highest BCUT2D eigenvalue weighted by Gasteiger charge is 2.66. The molecule has 6 nitrogen and oxygen atoms in total. The Morgan fingerprint density at radius 2 is 1.34 bits per heavy atom. The van der Waals surface area contributed by atoms with Crippen molar-refractivity contribution in [2.45, 2.75) is 22.0 Å². The van der Waals surface area contributed by atoms with Crippen LogP contribution in [0, 0.1) is 0 Å². The molecule has 0 heterocycles. The molecule has 0 fully saturated rings. The van der Waals surface area contributed by atoms with Gasteiger partial charge in [-0.1, -0.05) is 30.3 Å². The summed E-state index contributed by atoms with van der Waals surface area (Å²) in [6.45, 7) is -0.0557. The average Bonchev–Trinajstić information content (AvgIpc) is 2.81. The summed E-state index contributed by atoms with van der Waals surface area (Å²) in [5, 5.41) is -10.8. The standard InChI is InChI=1S/C23H14F4O6S2/c24-22(25,23(26,27)35(30,31)32)34-15-8-6-14(7-9-15)33-12-13-5-10-18-19(11-13)21(29)17-4-2-1-3-16(17)20(18)28/h1-11H,12H2,(H,30,31,32). The lowest BCUT2D eigenvalue weighted by Crippen LogP contribution is -2.44. The second-order valence-corrected chi connectivity index (χ2v) is 10.1. The third-order valence-electron chi connectivity index (χ3n) is 5.13. The zero-order valence-electron chi connectivity index (χ0n) is 17.4. The number of ether oxygens (including phenoxy) is 1. The fourth-order valence-corrected chi connectivity index (χ4v) is 4.79. The average molecular weight is 526 g/mol. The lowest BCUT2D eigenvalue weighted by Gasteiger charge is -2.23. The van der Waals surface area contributed by atoms with Crippen LogP contribution in [0.5, 0.6) is 5.75 Å². The van der Waals surface area contributed by atoms with Crippen LogP contribution in [0.4, 0.5) is 17.6 Å². The Bertz CT molecular complexity index is 1440. The summed E-state index contributed by atoms with van der Waals surface area (Å²) in [5.41, 5.74) is 1.66. The van der Waals surface area contributed by atoms with Gasteiger partial charge in [0.2, 0.25) is 0 Å². The summed E-state index contributed by atoms with van der Waals surface area (Å²) >= 11 is -0.734. The molecule has 35 heavy (non-hydrogen) atoms. The van der Waals surface area contributed by atoms with Crippen LogP contribution in [0.3, 0.4) is 0 Å². The van der Waals surface area contributed by atoms with E-state index in [1.165, 1.54) is 24.3 Å². The first-order valence-electron chi connectivity index (χ1n) is 9.78. The zero-order valence-corrected chi connectivity index (χ0v) is 19.0. The van der Waals surface area contributed by atoms with Gasteiger partial charge < -0.3 is 4.74 Å². The fourth-order valence-electron chi connectivity index (χ4n) is 3.36. The zero-order chi connectivity index (χ0) is 25.6. The maximum absolute atomic E-state index is 13.7. The van der Waals surface area contributed by atoms with Crippen LogP contribution in [-0.2, 0) is 16.7 Å². The summed E-state index contributed by atoms with van der Waals surface area (Å²) in [5.74, 6) is -0.405. The molecule has 12 heteroatoms. The van der Waals surface area contributed by atoms with E-state index >= 15 is 0 Å². The number of rotatable bonds is 7. The minimum atomic E-state index is -6.33. The van der Waals surface area contributed by atoms with E-state index in [4.69, 9.17) is 9.29 Å². The minimum absolute atomic E-state index is 0.0557. The van der Waals surface area contributed by atoms with Gasteiger partial charge in [-0.15, -0.1) is 0 Å². The topological polar surface area (TPSA) is 97.7 Å². The maximum Gasteiger partial charge on any atom is 0.442 e. The van der Waals surface area contributed by atoms with Gasteiger partial charge in [-0.2, -0.15) is 26.0 Å². The van der Waals surface area contributed by atoms with Crippen LogP contribution < -0.4 is 4.74 Å². The number of hydrogen-bond donors (Lipinski definition) is 1. The molecule has 0 saturated carbocycles. The predicted molar refractivity (Wildman–Crippen MR) is 118 cm³/mol. The van der Waals surface area contributed by atoms with Crippen LogP contribution in [0.2, 0.25) is 0 Å². The van der Waals surface area contributed by atoms with Gasteiger partial charge in [0.15, 0.2) is 11.6 Å². The van der Waals surface area contributed by atoms with E-state index < -0.39 is 37.3 Å². The molecule has 1 N–H and O–H groups in total. The summed E-state index contributed by atoms with van der Waals surface area (Å²) in [4.78, 5) is 25.1. The SMILES string of the molecule is O=C1c2ccccc2C(=O)c2cc(COc3ccc(SC(F)(F)C(F)(F)S(=O)(=O)O)cc3)ccc21. The fraction of sp³-hybridized carbons (Fsp3) is 0.130. The van der Waals surface area contributed by atoms with Crippen molar-refractivity contribution in [2.24, 2.45) is 0 Å². The number of thioether (sulfide) groups is 1. The highest BCUT2D eigenvalue weighted by Crippen LogP contribution is 2.49. The second kappa shape index (κ2) is 8.77. The van der Waals surface area contributed by atoms with E-state index in [1.807, 2.05) is 0 Å². The van der Waals surface area contributed by atoms with E-state index in [0.717, 1.165) is 12.1 Å². The number of fused-ring (bicyclic) bond motifs is 2. The third kappa shape index (κ3) is 4.56. The largest absolute Gasteiger partial charge is 0.489 e. The van der Waals surface area contributed by atoms with Crippen molar-refractivity contribution in [1.29, 1.82) is 0 Å². The van der Waals surface area contributed by atoms with Gasteiger partial charge in [0.05, 0.1) is 0 Å². The van der Waals surface area contributed by atoms with Gasteiger partial charge in [0.1, 0.15) is 12.4 Å². The monoisotopic (exact) mass is 526 g/mol. The van der Waals surface area contributed by atoms with Gasteiger partial charge in [-0.05, 0) is 53.7 Å². The number of hydrogen-bond acceptors (Lipinski definition) is 6. The van der Waals surface area contributed by atoms with Crippen molar-refractivity contribution in [1.82, 2.24) is 0 Å². The Labute approximate surface area is 200 Å². The van der Waals surface area contributed by atoms with Crippen LogP contribution in [0.1, 0.15) is 37.4 Å². The van der Waals surface area contributed by atoms with Crippen molar-refractivity contribution < 1.29 is 44.9 Å². The molecule has 3 aromatic rings. The Balaban J connectivity index is 1.46. The first-order chi connectivity index (χ1) is 16.3. The van der Waals surface area contributed by atoms with E-state index in [1.54, 1.807) is 30.3 Å². The number of carbonyl (C=O) groups excluding carboxylic acids is 2. The summed E-state index contributed by atoms with van der Waals surface area (Å²) in [6.07, 6.45) is 0. The number of carbonyl (C=O) groups is 2. The molecule has 0 saturated heterocycles. The van der Waals surface area contributed by atoms with Crippen molar-refractivity contribution >= 4 is 33.4 Å². The molecule has 1 aliphatic carbocycles. The third-order valence-corrected chi connectivity index (χ3v) is 7.18. The van der Waals surface area contributed by atoms with Crippen LogP contribution >= 0.6 is 11.8 Å². The molecule has 1 aliphatic rings. The highest BCUT2D eigenvalue weighted by molar-refractivity contribution is 8.01. The lowest BCUT2D eigenvalue weighted by molar-refractivity contribution is -0.0946. The van der Waals surface area contributed by atoms with Crippen molar-refractivity contribution in [3.63, 3.8) is 0 Å². The molecule has 0 spiro atoms. The highest BCUT2D eigenvalue weighted by atomic mass is 32.2. The van der Waals surface area contributed by atoms with Crippen molar-refractivity contribution in [2.75, 3.05) is 0 Å². The Morgan fingerprint density at radius 3 is 1.91 bits per heavy atom. The number of benzene rings is 3. The summed E-state index contributed by atoms with van der Waals surface area (Å²) in [6, 6.07) is 15.5. The minimum Gasteiger partial charge on any atom is -0.489 e. The number of ketones is 2. The molecule has 0 radical (unpaired) electrons. The lowest BCUT2D eigenvalue weighted by atomic mass is 9.83. The molecular weight excluding hydrogens is 512 g/mol. The molecule has 0 aromatic heterocycles. The Kier molecular flexibility index (Phi) is 6.24. The van der Waals surface area contributed by atoms with E-state index in [9.17, 15) is 35.6 Å². The van der Waals surface area contributed by atoms with E-state index in [2.05, 4.69) is 0 Å². The van der Waals surface area contributed by atoms with Crippen LogP contribution in [0.25, 0.3) is 0 Å². The van der Waals surface area contributed by atoms with Crippen molar-refractivity contribution in [3.8, 4) is 5.75 Å². The van der Waals surface area contributed by atoms with E-state index in [-0.39, 0.29) is 35.0 Å². The molecular formula is C23H14F4O6S2. The Morgan fingerprint density at radius 1 is 0.800 bits per heavy atom. The van der Waals surface area contributed by atoms with Gasteiger partial charge in [0, 0.05) is 27.1 Å². The van der Waals surface area contributed by atoms with Gasteiger partial charge in [0.25, 0.3) is 0 Å². The smallest absolute Gasteiger partial charge is 0.442 e. The normalized spacial score (nSPS) is 13.9. The molecule has 0 aliphatic heterocycles. The maximum atomic E-state index is 13.7. The molecule has 0 bridgehead atoms. The Hall–Kier alpha value is -3.22. The quantitative estimate of drug-likeness (QED) is 0.201. The summed E-state index contributed by atoms with van der Waals surface area (Å²) < 4.78 is 89.3. The van der Waals surface area contributed by atoms with Gasteiger partial charge in [-0.3, -0.25) is 14.1 Å². The molecule has 182 valence electrons. The first-order valence-corrected chi connectivity index (χ1v) is 12.0. The molecule has 0 atom stereocenters. The molecule has 0 unspecified atom stereocenters. The van der Waals surface area contributed by atoms with Crippen LogP contribution in [-0.4, -0.2) is 35.0 Å². The number of halogens is 4. The van der Waals surface area contributed by atoms with Crippen LogP contribution in [0.15, 0.2) is 71.6 Å². The number of alkyl halides is 4. The molecule has 4 rings (SSSR count). The van der Waals surface area contributed by atoms with Gasteiger partial charge in [-0.25, -0.2) is 0 Å². The molecule has 0 amide bonds. The van der Waals surface area contributed by atoms with E-state index in [0.29, 0.717) is 16.7 Å². The summed E-state index contributed by atoms with van der Waals surface area (Å²) in [7, 11) is -6.33. The van der Waals surface area contributed by atoms with Gasteiger partial charge >= 0.3 is 20.6 Å². The van der Waals surface area contributed by atoms with Crippen molar-refractivity contribution in [3.05, 3.63) is 94.5 Å². The second-order valence-electron chi connectivity index (χ2n) is 7.45. The first kappa shape index (κ1) is 24.9. The predicted octanol–water partition coefficient (Wildman–Crippen LogP) is 5.21. The molecule has 3 aromatic carbocycles.